The fraction of sp³-hybridized carbons (Fsp3) is 0.750. The number of ether oxygens (including phenoxy) is 2. The maximum atomic E-state index is 11.0. The normalized spacial score (nSPS) is 25.9. The summed E-state index contributed by atoms with van der Waals surface area (Å²) in [5, 5.41) is 3.37. The zero-order valence-electron chi connectivity index (χ0n) is 10.1. The quantitative estimate of drug-likeness (QED) is 0.567. The van der Waals surface area contributed by atoms with E-state index < -0.39 is 0 Å². The molecule has 4 nitrogen and oxygen atoms in total. The van der Waals surface area contributed by atoms with Gasteiger partial charge in [0.25, 0.3) is 0 Å². The van der Waals surface area contributed by atoms with E-state index in [9.17, 15) is 4.79 Å². The molecule has 1 aliphatic rings. The van der Waals surface area contributed by atoms with Gasteiger partial charge in [0.1, 0.15) is 0 Å². The highest BCUT2D eigenvalue weighted by Crippen LogP contribution is 2.12. The summed E-state index contributed by atoms with van der Waals surface area (Å²) in [6.45, 7) is 5.83. The predicted octanol–water partition coefficient (Wildman–Crippen LogP) is 1.26. The Morgan fingerprint density at radius 2 is 2.44 bits per heavy atom. The SMILES string of the molecule is CCOC(=O)/C=C/CNC1CCOC(C)C1. The summed E-state index contributed by atoms with van der Waals surface area (Å²) in [5.74, 6) is -0.273. The molecule has 0 aromatic heterocycles. The molecule has 92 valence electrons. The lowest BCUT2D eigenvalue weighted by Crippen LogP contribution is -2.38. The van der Waals surface area contributed by atoms with Crippen LogP contribution in [0, 0.1) is 0 Å². The molecule has 0 spiro atoms. The summed E-state index contributed by atoms with van der Waals surface area (Å²) in [5.41, 5.74) is 0. The minimum absolute atomic E-state index is 0.273. The molecule has 0 aliphatic carbocycles. The van der Waals surface area contributed by atoms with E-state index in [4.69, 9.17) is 9.47 Å². The van der Waals surface area contributed by atoms with Crippen molar-refractivity contribution in [3.05, 3.63) is 12.2 Å². The van der Waals surface area contributed by atoms with Crippen LogP contribution in [-0.4, -0.2) is 37.9 Å². The monoisotopic (exact) mass is 227 g/mol. The van der Waals surface area contributed by atoms with Crippen molar-refractivity contribution in [2.75, 3.05) is 19.8 Å². The molecule has 1 rings (SSSR count). The van der Waals surface area contributed by atoms with E-state index in [1.165, 1.54) is 6.08 Å². The van der Waals surface area contributed by atoms with Crippen LogP contribution in [0.1, 0.15) is 26.7 Å². The first kappa shape index (κ1) is 13.2. The van der Waals surface area contributed by atoms with Crippen molar-refractivity contribution >= 4 is 5.97 Å². The van der Waals surface area contributed by atoms with Gasteiger partial charge in [0.2, 0.25) is 0 Å². The number of esters is 1. The highest BCUT2D eigenvalue weighted by molar-refractivity contribution is 5.81. The Balaban J connectivity index is 2.12. The Hall–Kier alpha value is -0.870. The summed E-state index contributed by atoms with van der Waals surface area (Å²) >= 11 is 0. The molecule has 2 unspecified atom stereocenters. The van der Waals surface area contributed by atoms with Crippen molar-refractivity contribution in [1.29, 1.82) is 0 Å². The Kier molecular flexibility index (Phi) is 6.11. The molecular weight excluding hydrogens is 206 g/mol. The lowest BCUT2D eigenvalue weighted by molar-refractivity contribution is -0.137. The molecule has 1 N–H and O–H groups in total. The van der Waals surface area contributed by atoms with E-state index in [1.807, 2.05) is 0 Å². The van der Waals surface area contributed by atoms with Crippen molar-refractivity contribution in [2.24, 2.45) is 0 Å². The van der Waals surface area contributed by atoms with Gasteiger partial charge >= 0.3 is 5.97 Å². The van der Waals surface area contributed by atoms with Gasteiger partial charge in [0, 0.05) is 25.3 Å². The van der Waals surface area contributed by atoms with Crippen LogP contribution in [0.3, 0.4) is 0 Å². The Labute approximate surface area is 97.0 Å². The molecule has 1 saturated heterocycles. The third-order valence-electron chi connectivity index (χ3n) is 2.55. The maximum Gasteiger partial charge on any atom is 0.330 e. The van der Waals surface area contributed by atoms with Gasteiger partial charge < -0.3 is 14.8 Å². The van der Waals surface area contributed by atoms with Gasteiger partial charge in [0.05, 0.1) is 12.7 Å². The minimum Gasteiger partial charge on any atom is -0.463 e. The van der Waals surface area contributed by atoms with Gasteiger partial charge in [-0.05, 0) is 26.7 Å². The topological polar surface area (TPSA) is 47.6 Å². The first-order valence-corrected chi connectivity index (χ1v) is 5.90. The molecule has 0 bridgehead atoms. The summed E-state index contributed by atoms with van der Waals surface area (Å²) in [4.78, 5) is 11.0. The van der Waals surface area contributed by atoms with Crippen LogP contribution >= 0.6 is 0 Å². The van der Waals surface area contributed by atoms with Gasteiger partial charge in [-0.15, -0.1) is 0 Å². The molecule has 0 radical (unpaired) electrons. The summed E-state index contributed by atoms with van der Waals surface area (Å²) in [7, 11) is 0. The third-order valence-corrected chi connectivity index (χ3v) is 2.55. The number of rotatable bonds is 5. The van der Waals surface area contributed by atoms with Gasteiger partial charge in [0.15, 0.2) is 0 Å². The van der Waals surface area contributed by atoms with Crippen LogP contribution in [0.2, 0.25) is 0 Å². The molecule has 0 aromatic carbocycles. The van der Waals surface area contributed by atoms with Crippen molar-refractivity contribution in [1.82, 2.24) is 5.32 Å². The van der Waals surface area contributed by atoms with E-state index in [1.54, 1.807) is 13.0 Å². The second-order valence-electron chi connectivity index (χ2n) is 3.97. The lowest BCUT2D eigenvalue weighted by atomic mass is 10.0. The van der Waals surface area contributed by atoms with Gasteiger partial charge in [-0.25, -0.2) is 4.79 Å². The predicted molar refractivity (Wildman–Crippen MR) is 62.2 cm³/mol. The minimum atomic E-state index is -0.273. The second kappa shape index (κ2) is 7.41. The average molecular weight is 227 g/mol. The molecular formula is C12H21NO3. The van der Waals surface area contributed by atoms with E-state index in [0.29, 0.717) is 25.3 Å². The number of hydrogen-bond acceptors (Lipinski definition) is 4. The Morgan fingerprint density at radius 1 is 1.62 bits per heavy atom. The van der Waals surface area contributed by atoms with Crippen LogP contribution < -0.4 is 5.32 Å². The maximum absolute atomic E-state index is 11.0. The molecule has 1 heterocycles. The molecule has 4 heteroatoms. The van der Waals surface area contributed by atoms with Crippen LogP contribution in [-0.2, 0) is 14.3 Å². The van der Waals surface area contributed by atoms with E-state index in [-0.39, 0.29) is 5.97 Å². The highest BCUT2D eigenvalue weighted by atomic mass is 16.5. The molecule has 2 atom stereocenters. The average Bonchev–Trinajstić information content (AvgIpc) is 2.25. The molecule has 16 heavy (non-hydrogen) atoms. The first-order chi connectivity index (χ1) is 7.72. The highest BCUT2D eigenvalue weighted by Gasteiger charge is 2.17. The summed E-state index contributed by atoms with van der Waals surface area (Å²) in [6.07, 6.45) is 5.68. The fourth-order valence-corrected chi connectivity index (χ4v) is 1.76. The zero-order chi connectivity index (χ0) is 11.8. The lowest BCUT2D eigenvalue weighted by Gasteiger charge is -2.27. The Bertz CT molecular complexity index is 240. The van der Waals surface area contributed by atoms with Gasteiger partial charge in [-0.2, -0.15) is 0 Å². The summed E-state index contributed by atoms with van der Waals surface area (Å²) < 4.78 is 10.2. The van der Waals surface area contributed by atoms with E-state index in [0.717, 1.165) is 19.4 Å². The number of nitrogens with one attached hydrogen (secondary N) is 1. The smallest absolute Gasteiger partial charge is 0.330 e. The van der Waals surface area contributed by atoms with Gasteiger partial charge in [-0.1, -0.05) is 6.08 Å². The van der Waals surface area contributed by atoms with Crippen LogP contribution in [0.5, 0.6) is 0 Å². The molecule has 0 saturated carbocycles. The zero-order valence-corrected chi connectivity index (χ0v) is 10.1. The van der Waals surface area contributed by atoms with E-state index >= 15 is 0 Å². The van der Waals surface area contributed by atoms with Crippen LogP contribution in [0.15, 0.2) is 12.2 Å². The van der Waals surface area contributed by atoms with Crippen LogP contribution in [0.25, 0.3) is 0 Å². The molecule has 0 amide bonds. The molecule has 1 fully saturated rings. The second-order valence-corrected chi connectivity index (χ2v) is 3.97. The largest absolute Gasteiger partial charge is 0.463 e. The van der Waals surface area contributed by atoms with Gasteiger partial charge in [-0.3, -0.25) is 0 Å². The summed E-state index contributed by atoms with van der Waals surface area (Å²) in [6, 6.07) is 0.496. The van der Waals surface area contributed by atoms with Crippen molar-refractivity contribution in [2.45, 2.75) is 38.8 Å². The van der Waals surface area contributed by atoms with Crippen molar-refractivity contribution in [3.8, 4) is 0 Å². The fourth-order valence-electron chi connectivity index (χ4n) is 1.76. The van der Waals surface area contributed by atoms with Crippen molar-refractivity contribution < 1.29 is 14.3 Å². The van der Waals surface area contributed by atoms with Crippen molar-refractivity contribution in [3.63, 3.8) is 0 Å². The third kappa shape index (κ3) is 5.28. The standard InChI is InChI=1S/C12H21NO3/c1-3-15-12(14)5-4-7-13-11-6-8-16-10(2)9-11/h4-5,10-11,13H,3,6-9H2,1-2H3/b5-4+. The first-order valence-electron chi connectivity index (χ1n) is 5.90. The molecule has 1 aliphatic heterocycles. The van der Waals surface area contributed by atoms with E-state index in [2.05, 4.69) is 12.2 Å². The van der Waals surface area contributed by atoms with Crippen LogP contribution in [0.4, 0.5) is 0 Å². The molecule has 0 aromatic rings. The number of hydrogen-bond donors (Lipinski definition) is 1. The number of carbonyl (C=O) groups excluding carboxylic acids is 1. The number of carbonyl (C=O) groups is 1. The Morgan fingerprint density at radius 3 is 3.12 bits per heavy atom.